The number of ether oxygens (including phenoxy) is 1. The molecule has 3 rings (SSSR count). The molecule has 0 saturated carbocycles. The Kier molecular flexibility index (Phi) is 8.95. The number of thioether (sulfide) groups is 1. The van der Waals surface area contributed by atoms with Gasteiger partial charge in [-0.3, -0.25) is 0 Å². The average molecular weight is 513 g/mol. The summed E-state index contributed by atoms with van der Waals surface area (Å²) in [6.07, 6.45) is 6.10. The van der Waals surface area contributed by atoms with E-state index in [0.29, 0.717) is 22.8 Å². The Bertz CT molecular complexity index is 1330. The number of sulfonamides is 1. The van der Waals surface area contributed by atoms with Crippen molar-refractivity contribution >= 4 is 27.8 Å². The van der Waals surface area contributed by atoms with Crippen LogP contribution in [0.25, 0.3) is 11.1 Å². The van der Waals surface area contributed by atoms with Gasteiger partial charge in [0.15, 0.2) is 11.9 Å². The van der Waals surface area contributed by atoms with Crippen LogP contribution in [-0.4, -0.2) is 36.8 Å². The molecule has 0 unspecified atom stereocenters. The van der Waals surface area contributed by atoms with Gasteiger partial charge in [0.25, 0.3) is 10.0 Å². The third-order valence-electron chi connectivity index (χ3n) is 5.38. The Morgan fingerprint density at radius 1 is 1.17 bits per heavy atom. The SMILES string of the molecule is CCCCc1nc(SC)c(C(=O)OCC)n1Cc1ccc(-c2cccc(S(=O)(=O)NC#N)c2)cc1. The van der Waals surface area contributed by atoms with Crippen LogP contribution < -0.4 is 4.72 Å². The molecule has 184 valence electrons. The van der Waals surface area contributed by atoms with Crippen LogP contribution in [0.4, 0.5) is 0 Å². The van der Waals surface area contributed by atoms with Gasteiger partial charge in [0.1, 0.15) is 10.9 Å². The Morgan fingerprint density at radius 2 is 1.91 bits per heavy atom. The number of unbranched alkanes of at least 4 members (excludes halogenated alkanes) is 1. The maximum atomic E-state index is 12.8. The summed E-state index contributed by atoms with van der Waals surface area (Å²) >= 11 is 1.43. The van der Waals surface area contributed by atoms with Gasteiger partial charge >= 0.3 is 5.97 Å². The molecule has 1 N–H and O–H groups in total. The van der Waals surface area contributed by atoms with Crippen LogP contribution in [0.15, 0.2) is 58.5 Å². The number of hydrogen-bond donors (Lipinski definition) is 1. The number of carbonyl (C=O) groups excluding carboxylic acids is 1. The highest BCUT2D eigenvalue weighted by molar-refractivity contribution is 7.98. The number of aryl methyl sites for hydroxylation is 1. The third-order valence-corrected chi connectivity index (χ3v) is 7.29. The lowest BCUT2D eigenvalue weighted by atomic mass is 10.0. The highest BCUT2D eigenvalue weighted by atomic mass is 32.2. The normalized spacial score (nSPS) is 11.1. The number of imidazole rings is 1. The third kappa shape index (κ3) is 6.24. The predicted octanol–water partition coefficient (Wildman–Crippen LogP) is 4.60. The fourth-order valence-corrected chi connectivity index (χ4v) is 5.02. The van der Waals surface area contributed by atoms with Crippen molar-refractivity contribution in [3.63, 3.8) is 0 Å². The second-order valence-electron chi connectivity index (χ2n) is 7.74. The molecule has 0 bridgehead atoms. The Balaban J connectivity index is 1.93. The summed E-state index contributed by atoms with van der Waals surface area (Å²) in [5.74, 6) is 0.471. The number of aromatic nitrogens is 2. The van der Waals surface area contributed by atoms with E-state index in [4.69, 9.17) is 15.0 Å². The van der Waals surface area contributed by atoms with Gasteiger partial charge in [0, 0.05) is 13.0 Å². The predicted molar refractivity (Wildman–Crippen MR) is 135 cm³/mol. The van der Waals surface area contributed by atoms with E-state index in [-0.39, 0.29) is 17.5 Å². The molecule has 0 radical (unpaired) electrons. The highest BCUT2D eigenvalue weighted by Gasteiger charge is 2.24. The van der Waals surface area contributed by atoms with Crippen LogP contribution in [0.5, 0.6) is 0 Å². The molecule has 0 aliphatic carbocycles. The first-order chi connectivity index (χ1) is 16.8. The molecule has 0 spiro atoms. The number of nitrogens with one attached hydrogen (secondary N) is 1. The second kappa shape index (κ2) is 11.9. The summed E-state index contributed by atoms with van der Waals surface area (Å²) in [6.45, 7) is 4.64. The van der Waals surface area contributed by atoms with E-state index in [0.717, 1.165) is 36.2 Å². The van der Waals surface area contributed by atoms with Crippen LogP contribution in [0.3, 0.4) is 0 Å². The van der Waals surface area contributed by atoms with Crippen LogP contribution >= 0.6 is 11.8 Å². The summed E-state index contributed by atoms with van der Waals surface area (Å²) in [6, 6.07) is 14.1. The number of esters is 1. The van der Waals surface area contributed by atoms with Gasteiger partial charge in [-0.15, -0.1) is 11.8 Å². The summed E-state index contributed by atoms with van der Waals surface area (Å²) in [5.41, 5.74) is 2.98. The fourth-order valence-electron chi connectivity index (χ4n) is 3.66. The van der Waals surface area contributed by atoms with Crippen LogP contribution in [0.2, 0.25) is 0 Å². The fraction of sp³-hybridized carbons (Fsp3) is 0.320. The van der Waals surface area contributed by atoms with Crippen molar-refractivity contribution in [2.45, 2.75) is 49.6 Å². The maximum absolute atomic E-state index is 12.8. The van der Waals surface area contributed by atoms with E-state index in [1.54, 1.807) is 13.0 Å². The molecule has 1 heterocycles. The Labute approximate surface area is 210 Å². The minimum atomic E-state index is -3.89. The zero-order valence-corrected chi connectivity index (χ0v) is 21.6. The molecular weight excluding hydrogens is 484 g/mol. The van der Waals surface area contributed by atoms with Gasteiger partial charge in [-0.1, -0.05) is 49.7 Å². The molecule has 8 nitrogen and oxygen atoms in total. The van der Waals surface area contributed by atoms with E-state index in [1.165, 1.54) is 30.1 Å². The van der Waals surface area contributed by atoms with Gasteiger partial charge in [-0.25, -0.2) is 22.9 Å². The number of nitriles is 1. The topological polar surface area (TPSA) is 114 Å². The smallest absolute Gasteiger partial charge is 0.357 e. The summed E-state index contributed by atoms with van der Waals surface area (Å²) in [5, 5.41) is 9.35. The van der Waals surface area contributed by atoms with Crippen molar-refractivity contribution < 1.29 is 17.9 Å². The van der Waals surface area contributed by atoms with Crippen molar-refractivity contribution in [3.05, 3.63) is 65.6 Å². The van der Waals surface area contributed by atoms with E-state index in [9.17, 15) is 13.2 Å². The van der Waals surface area contributed by atoms with Crippen LogP contribution in [0, 0.1) is 11.5 Å². The molecule has 10 heteroatoms. The standard InChI is InChI=1S/C25H28N4O4S2/c1-4-6-10-22-28-24(34-3)23(25(30)33-5-2)29(22)16-18-11-13-19(14-12-18)20-8-7-9-21(15-20)35(31,32)27-17-26/h7-9,11-15,27H,4-6,10,16H2,1-3H3. The zero-order chi connectivity index (χ0) is 25.4. The summed E-state index contributed by atoms with van der Waals surface area (Å²) in [4.78, 5) is 17.5. The zero-order valence-electron chi connectivity index (χ0n) is 19.9. The van der Waals surface area contributed by atoms with Gasteiger partial charge in [0.2, 0.25) is 0 Å². The minimum Gasteiger partial charge on any atom is -0.461 e. The first-order valence-corrected chi connectivity index (χ1v) is 14.0. The maximum Gasteiger partial charge on any atom is 0.357 e. The Morgan fingerprint density at radius 3 is 2.54 bits per heavy atom. The molecular formula is C25H28N4O4S2. The number of hydrogen-bond acceptors (Lipinski definition) is 7. The molecule has 0 atom stereocenters. The number of rotatable bonds is 11. The van der Waals surface area contributed by atoms with E-state index < -0.39 is 10.0 Å². The first-order valence-electron chi connectivity index (χ1n) is 11.2. The number of benzene rings is 2. The highest BCUT2D eigenvalue weighted by Crippen LogP contribution is 2.26. The van der Waals surface area contributed by atoms with Crippen molar-refractivity contribution in [2.24, 2.45) is 0 Å². The molecule has 0 aliphatic rings. The lowest BCUT2D eigenvalue weighted by molar-refractivity contribution is 0.0509. The largest absolute Gasteiger partial charge is 0.461 e. The van der Waals surface area contributed by atoms with Crippen molar-refractivity contribution in [3.8, 4) is 17.3 Å². The van der Waals surface area contributed by atoms with Crippen LogP contribution in [-0.2, 0) is 27.7 Å². The molecule has 0 fully saturated rings. The van der Waals surface area contributed by atoms with Crippen LogP contribution in [0.1, 0.15) is 48.6 Å². The number of carbonyl (C=O) groups is 1. The molecule has 35 heavy (non-hydrogen) atoms. The molecule has 0 amide bonds. The van der Waals surface area contributed by atoms with E-state index >= 15 is 0 Å². The van der Waals surface area contributed by atoms with Gasteiger partial charge in [0.05, 0.1) is 11.5 Å². The second-order valence-corrected chi connectivity index (χ2v) is 10.2. The molecule has 2 aromatic carbocycles. The molecule has 0 aliphatic heterocycles. The van der Waals surface area contributed by atoms with Gasteiger partial charge in [-0.2, -0.15) is 5.26 Å². The quantitative estimate of drug-likeness (QED) is 0.173. The Hall–Kier alpha value is -3.29. The first kappa shape index (κ1) is 26.3. The lowest BCUT2D eigenvalue weighted by Gasteiger charge is -2.13. The summed E-state index contributed by atoms with van der Waals surface area (Å²) < 4.78 is 33.4. The van der Waals surface area contributed by atoms with Crippen molar-refractivity contribution in [1.29, 1.82) is 5.26 Å². The van der Waals surface area contributed by atoms with E-state index in [2.05, 4.69) is 6.92 Å². The lowest BCUT2D eigenvalue weighted by Crippen LogP contribution is -2.17. The van der Waals surface area contributed by atoms with Crippen molar-refractivity contribution in [2.75, 3.05) is 12.9 Å². The van der Waals surface area contributed by atoms with Crippen molar-refractivity contribution in [1.82, 2.24) is 14.3 Å². The minimum absolute atomic E-state index is 0.0169. The molecule has 3 aromatic rings. The number of nitrogens with zero attached hydrogens (tertiary/aromatic N) is 3. The monoisotopic (exact) mass is 512 g/mol. The average Bonchev–Trinajstić information content (AvgIpc) is 3.20. The summed E-state index contributed by atoms with van der Waals surface area (Å²) in [7, 11) is -3.89. The van der Waals surface area contributed by atoms with Gasteiger partial charge in [-0.05, 0) is 48.4 Å². The molecule has 1 aromatic heterocycles. The van der Waals surface area contributed by atoms with Gasteiger partial charge < -0.3 is 9.30 Å². The van der Waals surface area contributed by atoms with E-state index in [1.807, 2.05) is 45.9 Å². The molecule has 0 saturated heterocycles.